The second kappa shape index (κ2) is 11.3. The van der Waals surface area contributed by atoms with Crippen molar-refractivity contribution in [2.24, 2.45) is 9.98 Å². The maximum Gasteiger partial charge on any atom is 0.195 e. The normalized spacial score (nSPS) is 15.8. The van der Waals surface area contributed by atoms with Gasteiger partial charge in [-0.25, -0.2) is 0 Å². The molecule has 0 amide bonds. The van der Waals surface area contributed by atoms with E-state index < -0.39 is 6.10 Å². The summed E-state index contributed by atoms with van der Waals surface area (Å²) in [5, 5.41) is 18.2. The lowest BCUT2D eigenvalue weighted by Crippen LogP contribution is -2.35. The quantitative estimate of drug-likeness (QED) is 0.468. The van der Waals surface area contributed by atoms with Crippen LogP contribution in [0.1, 0.15) is 55.0 Å². The average Bonchev–Trinajstić information content (AvgIpc) is 2.80. The van der Waals surface area contributed by atoms with Crippen molar-refractivity contribution in [1.29, 1.82) is 0 Å². The van der Waals surface area contributed by atoms with Gasteiger partial charge in [0.25, 0.3) is 0 Å². The summed E-state index contributed by atoms with van der Waals surface area (Å²) < 4.78 is 0. The molecule has 0 fully saturated rings. The molecule has 1 aliphatic rings. The van der Waals surface area contributed by atoms with Crippen LogP contribution >= 0.6 is 11.6 Å². The number of guanidine groups is 1. The van der Waals surface area contributed by atoms with Crippen LogP contribution in [0.3, 0.4) is 0 Å². The van der Waals surface area contributed by atoms with Gasteiger partial charge in [0, 0.05) is 35.9 Å². The third-order valence-corrected chi connectivity index (χ3v) is 5.94. The first-order chi connectivity index (χ1) is 15.4. The lowest BCUT2D eigenvalue weighted by Gasteiger charge is -2.19. The van der Waals surface area contributed by atoms with E-state index in [1.165, 1.54) is 16.7 Å². The summed E-state index contributed by atoms with van der Waals surface area (Å²) >= 11 is 5.98. The molecule has 1 atom stereocenters. The van der Waals surface area contributed by atoms with Gasteiger partial charge in [0.2, 0.25) is 0 Å². The van der Waals surface area contributed by atoms with E-state index in [4.69, 9.17) is 16.6 Å². The van der Waals surface area contributed by atoms with Gasteiger partial charge in [-0.2, -0.15) is 0 Å². The second-order valence-electron chi connectivity index (χ2n) is 8.11. The molecule has 1 aliphatic heterocycles. The Morgan fingerprint density at radius 2 is 2.00 bits per heavy atom. The van der Waals surface area contributed by atoms with Crippen LogP contribution < -0.4 is 10.6 Å². The van der Waals surface area contributed by atoms with Gasteiger partial charge in [0.15, 0.2) is 5.96 Å². The van der Waals surface area contributed by atoms with Gasteiger partial charge in [-0.15, -0.1) is 0 Å². The van der Waals surface area contributed by atoms with Crippen molar-refractivity contribution in [1.82, 2.24) is 5.32 Å². The fourth-order valence-electron chi connectivity index (χ4n) is 3.69. The van der Waals surface area contributed by atoms with Crippen LogP contribution in [0.4, 0.5) is 5.69 Å². The molecule has 5 nitrogen and oxygen atoms in total. The number of nitrogens with one attached hydrogen (secondary N) is 2. The Balaban J connectivity index is 1.78. The molecule has 2 aromatic rings. The minimum atomic E-state index is -0.781. The van der Waals surface area contributed by atoms with E-state index in [2.05, 4.69) is 48.5 Å². The highest BCUT2D eigenvalue weighted by atomic mass is 35.5. The fraction of sp³-hybridized carbons (Fsp3) is 0.385. The highest BCUT2D eigenvalue weighted by molar-refractivity contribution is 6.30. The van der Waals surface area contributed by atoms with Gasteiger partial charge < -0.3 is 15.7 Å². The fourth-order valence-corrected chi connectivity index (χ4v) is 3.82. The van der Waals surface area contributed by atoms with Gasteiger partial charge in [-0.3, -0.25) is 9.98 Å². The number of aliphatic hydroxyl groups excluding tert-OH is 1. The van der Waals surface area contributed by atoms with E-state index in [1.807, 2.05) is 25.1 Å². The van der Waals surface area contributed by atoms with E-state index in [9.17, 15) is 5.11 Å². The minimum Gasteiger partial charge on any atom is -0.382 e. The van der Waals surface area contributed by atoms with Crippen LogP contribution in [-0.2, 0) is 6.42 Å². The molecule has 0 aliphatic carbocycles. The van der Waals surface area contributed by atoms with Crippen LogP contribution in [0, 0.1) is 13.8 Å². The van der Waals surface area contributed by atoms with Crippen LogP contribution in [0.5, 0.6) is 0 Å². The standard InChI is InChI=1S/C26H33ClN4O/c1-5-22(30-23(6-2)25(32)19-8-10-21(27)11-9-19)16-20-14-18(4)24(15-17(20)3)31-26-28-12-7-13-29-26/h6,8-11,14-15,25,32H,5,7,12-13,16H2,1-4H3,(H2,28,29,31)/b23-6-,30-22?. The van der Waals surface area contributed by atoms with Crippen molar-refractivity contribution < 1.29 is 5.11 Å². The summed E-state index contributed by atoms with van der Waals surface area (Å²) in [6.07, 6.45) is 3.72. The molecule has 0 aromatic heterocycles. The Hall–Kier alpha value is -2.63. The molecule has 0 radical (unpaired) electrons. The van der Waals surface area contributed by atoms with Gasteiger partial charge in [0.05, 0.1) is 5.70 Å². The summed E-state index contributed by atoms with van der Waals surface area (Å²) in [7, 11) is 0. The molecule has 0 saturated carbocycles. The largest absolute Gasteiger partial charge is 0.382 e. The molecule has 1 heterocycles. The summed E-state index contributed by atoms with van der Waals surface area (Å²) in [6.45, 7) is 10.1. The monoisotopic (exact) mass is 452 g/mol. The average molecular weight is 453 g/mol. The molecular weight excluding hydrogens is 420 g/mol. The molecule has 2 aromatic carbocycles. The summed E-state index contributed by atoms with van der Waals surface area (Å²) in [6, 6.07) is 11.6. The van der Waals surface area contributed by atoms with Gasteiger partial charge >= 0.3 is 0 Å². The number of anilines is 1. The zero-order valence-electron chi connectivity index (χ0n) is 19.4. The van der Waals surface area contributed by atoms with Crippen molar-refractivity contribution in [2.45, 2.75) is 53.1 Å². The number of halogens is 1. The number of aliphatic hydroxyl groups is 1. The lowest BCUT2D eigenvalue weighted by atomic mass is 9.98. The van der Waals surface area contributed by atoms with E-state index in [0.29, 0.717) is 10.7 Å². The van der Waals surface area contributed by atoms with Crippen molar-refractivity contribution in [3.05, 3.63) is 75.4 Å². The van der Waals surface area contributed by atoms with Crippen molar-refractivity contribution in [3.8, 4) is 0 Å². The second-order valence-corrected chi connectivity index (χ2v) is 8.54. The molecule has 0 saturated heterocycles. The molecular formula is C26H33ClN4O. The smallest absolute Gasteiger partial charge is 0.195 e. The SMILES string of the molecule is C/C=C(\N=C(CC)Cc1cc(C)c(NC2=NCCCN2)cc1C)C(O)c1ccc(Cl)cc1. The minimum absolute atomic E-state index is 0.649. The number of aryl methyl sites for hydroxylation is 2. The maximum absolute atomic E-state index is 10.8. The molecule has 3 rings (SSSR count). The lowest BCUT2D eigenvalue weighted by molar-refractivity contribution is 0.214. The predicted molar refractivity (Wildman–Crippen MR) is 136 cm³/mol. The maximum atomic E-state index is 10.8. The number of nitrogens with zero attached hydrogens (tertiary/aromatic N) is 2. The Bertz CT molecular complexity index is 1020. The first-order valence-electron chi connectivity index (χ1n) is 11.2. The Morgan fingerprint density at radius 3 is 2.62 bits per heavy atom. The molecule has 170 valence electrons. The van der Waals surface area contributed by atoms with Crippen LogP contribution in [0.2, 0.25) is 5.02 Å². The molecule has 6 heteroatoms. The third kappa shape index (κ3) is 6.21. The number of hydrogen-bond donors (Lipinski definition) is 3. The van der Waals surface area contributed by atoms with Crippen molar-refractivity contribution >= 4 is 29.0 Å². The van der Waals surface area contributed by atoms with Gasteiger partial charge in [-0.1, -0.05) is 42.8 Å². The van der Waals surface area contributed by atoms with Gasteiger partial charge in [-0.05, 0) is 74.1 Å². The first kappa shape index (κ1) is 24.0. The van der Waals surface area contributed by atoms with E-state index >= 15 is 0 Å². The molecule has 32 heavy (non-hydrogen) atoms. The summed E-state index contributed by atoms with van der Waals surface area (Å²) in [4.78, 5) is 9.35. The van der Waals surface area contributed by atoms with Crippen LogP contribution in [0.15, 0.2) is 58.2 Å². The van der Waals surface area contributed by atoms with E-state index in [0.717, 1.165) is 55.3 Å². The number of benzene rings is 2. The Kier molecular flexibility index (Phi) is 8.48. The molecule has 0 spiro atoms. The molecule has 3 N–H and O–H groups in total. The number of aliphatic imine (C=N–C) groups is 2. The van der Waals surface area contributed by atoms with Crippen molar-refractivity contribution in [3.63, 3.8) is 0 Å². The van der Waals surface area contributed by atoms with E-state index in [1.54, 1.807) is 12.1 Å². The highest BCUT2D eigenvalue weighted by Gasteiger charge is 2.15. The molecule has 1 unspecified atom stereocenters. The first-order valence-corrected chi connectivity index (χ1v) is 11.6. The Labute approximate surface area is 196 Å². The zero-order valence-corrected chi connectivity index (χ0v) is 20.1. The Morgan fingerprint density at radius 1 is 1.25 bits per heavy atom. The summed E-state index contributed by atoms with van der Waals surface area (Å²) in [5.41, 5.74) is 7.15. The van der Waals surface area contributed by atoms with Crippen LogP contribution in [0.25, 0.3) is 0 Å². The highest BCUT2D eigenvalue weighted by Crippen LogP contribution is 2.26. The summed E-state index contributed by atoms with van der Waals surface area (Å²) in [5.74, 6) is 0.844. The van der Waals surface area contributed by atoms with Crippen LogP contribution in [-0.4, -0.2) is 29.9 Å². The molecule has 0 bridgehead atoms. The predicted octanol–water partition coefficient (Wildman–Crippen LogP) is 5.75. The zero-order chi connectivity index (χ0) is 23.1. The number of rotatable bonds is 7. The van der Waals surface area contributed by atoms with Crippen molar-refractivity contribution in [2.75, 3.05) is 18.4 Å². The number of hydrogen-bond acceptors (Lipinski definition) is 5. The topological polar surface area (TPSA) is 69.0 Å². The van der Waals surface area contributed by atoms with Gasteiger partial charge in [0.1, 0.15) is 6.10 Å². The third-order valence-electron chi connectivity index (χ3n) is 5.68. The number of allylic oxidation sites excluding steroid dienone is 1. The van der Waals surface area contributed by atoms with E-state index in [-0.39, 0.29) is 0 Å².